The molecule has 2 unspecified atom stereocenters. The molecular formula is C17H24ClNO. The van der Waals surface area contributed by atoms with E-state index in [4.69, 9.17) is 16.0 Å². The second-order valence-corrected chi connectivity index (χ2v) is 6.02. The third kappa shape index (κ3) is 3.77. The maximum atomic E-state index is 6.04. The Morgan fingerprint density at radius 2 is 2.05 bits per heavy atom. The second kappa shape index (κ2) is 7.14. The van der Waals surface area contributed by atoms with Crippen LogP contribution in [0.4, 0.5) is 0 Å². The number of rotatable bonds is 7. The molecule has 2 atom stereocenters. The highest BCUT2D eigenvalue weighted by molar-refractivity contribution is 6.31. The molecule has 2 aromatic rings. The summed E-state index contributed by atoms with van der Waals surface area (Å²) in [6.07, 6.45) is 3.42. The zero-order valence-electron chi connectivity index (χ0n) is 12.6. The Labute approximate surface area is 126 Å². The maximum Gasteiger partial charge on any atom is 0.134 e. The van der Waals surface area contributed by atoms with E-state index < -0.39 is 0 Å². The Kier molecular flexibility index (Phi) is 5.50. The molecule has 0 bridgehead atoms. The lowest BCUT2D eigenvalue weighted by Gasteiger charge is -2.19. The van der Waals surface area contributed by atoms with Crippen LogP contribution in [0.1, 0.15) is 51.8 Å². The van der Waals surface area contributed by atoms with Crippen LogP contribution in [0.5, 0.6) is 0 Å². The van der Waals surface area contributed by atoms with E-state index >= 15 is 0 Å². The third-order valence-electron chi connectivity index (χ3n) is 3.82. The van der Waals surface area contributed by atoms with Crippen molar-refractivity contribution in [1.82, 2.24) is 5.32 Å². The van der Waals surface area contributed by atoms with Gasteiger partial charge in [0.25, 0.3) is 0 Å². The summed E-state index contributed by atoms with van der Waals surface area (Å²) < 4.78 is 6.01. The predicted octanol–water partition coefficient (Wildman–Crippen LogP) is 5.56. The van der Waals surface area contributed by atoms with Crippen LogP contribution in [0.3, 0.4) is 0 Å². The Hall–Kier alpha value is -0.990. The van der Waals surface area contributed by atoms with Gasteiger partial charge in [-0.15, -0.1) is 0 Å². The molecule has 0 saturated carbocycles. The van der Waals surface area contributed by atoms with Crippen LogP contribution < -0.4 is 5.32 Å². The van der Waals surface area contributed by atoms with Crippen LogP contribution >= 0.6 is 11.6 Å². The van der Waals surface area contributed by atoms with E-state index in [0.29, 0.717) is 5.92 Å². The first-order valence-corrected chi connectivity index (χ1v) is 7.94. The second-order valence-electron chi connectivity index (χ2n) is 5.59. The first-order valence-electron chi connectivity index (χ1n) is 7.56. The molecule has 1 aromatic carbocycles. The third-order valence-corrected chi connectivity index (χ3v) is 4.05. The molecule has 0 radical (unpaired) electrons. The summed E-state index contributed by atoms with van der Waals surface area (Å²) in [6, 6.07) is 8.19. The van der Waals surface area contributed by atoms with E-state index in [1.54, 1.807) is 0 Å². The summed E-state index contributed by atoms with van der Waals surface area (Å²) >= 11 is 6.04. The van der Waals surface area contributed by atoms with Gasteiger partial charge in [-0.3, -0.25) is 0 Å². The zero-order valence-corrected chi connectivity index (χ0v) is 13.3. The van der Waals surface area contributed by atoms with Crippen LogP contribution in [-0.2, 0) is 0 Å². The topological polar surface area (TPSA) is 25.2 Å². The van der Waals surface area contributed by atoms with Gasteiger partial charge in [-0.25, -0.2) is 0 Å². The van der Waals surface area contributed by atoms with Gasteiger partial charge >= 0.3 is 0 Å². The monoisotopic (exact) mass is 293 g/mol. The Morgan fingerprint density at radius 3 is 2.75 bits per heavy atom. The number of benzene rings is 1. The average Bonchev–Trinajstić information content (AvgIpc) is 2.85. The van der Waals surface area contributed by atoms with Gasteiger partial charge in [0, 0.05) is 10.4 Å². The highest BCUT2D eigenvalue weighted by atomic mass is 35.5. The molecule has 20 heavy (non-hydrogen) atoms. The van der Waals surface area contributed by atoms with Crippen LogP contribution in [0.15, 0.2) is 28.7 Å². The lowest BCUT2D eigenvalue weighted by Crippen LogP contribution is -2.23. The average molecular weight is 294 g/mol. The highest BCUT2D eigenvalue weighted by Gasteiger charge is 2.18. The van der Waals surface area contributed by atoms with Crippen LogP contribution in [-0.4, -0.2) is 6.54 Å². The quantitative estimate of drug-likeness (QED) is 0.722. The van der Waals surface area contributed by atoms with Crippen molar-refractivity contribution in [3.05, 3.63) is 35.0 Å². The normalized spacial score (nSPS) is 14.6. The van der Waals surface area contributed by atoms with Crippen molar-refractivity contribution in [2.75, 3.05) is 6.54 Å². The van der Waals surface area contributed by atoms with Crippen molar-refractivity contribution in [3.8, 4) is 0 Å². The number of furan rings is 1. The van der Waals surface area contributed by atoms with Crippen molar-refractivity contribution in [3.63, 3.8) is 0 Å². The molecule has 1 N–H and O–H groups in total. The van der Waals surface area contributed by atoms with Gasteiger partial charge in [0.15, 0.2) is 0 Å². The van der Waals surface area contributed by atoms with E-state index in [9.17, 15) is 0 Å². The first-order chi connectivity index (χ1) is 9.63. The summed E-state index contributed by atoms with van der Waals surface area (Å²) in [5.74, 6) is 1.71. The molecule has 0 aliphatic rings. The van der Waals surface area contributed by atoms with Gasteiger partial charge in [-0.2, -0.15) is 0 Å². The van der Waals surface area contributed by atoms with Crippen LogP contribution in [0, 0.1) is 5.92 Å². The molecular weight excluding hydrogens is 270 g/mol. The molecule has 0 aliphatic heterocycles. The fourth-order valence-electron chi connectivity index (χ4n) is 2.39. The highest BCUT2D eigenvalue weighted by Crippen LogP contribution is 2.30. The molecule has 1 heterocycles. The minimum atomic E-state index is 0.288. The maximum absolute atomic E-state index is 6.04. The van der Waals surface area contributed by atoms with Gasteiger partial charge in [0.2, 0.25) is 0 Å². The van der Waals surface area contributed by atoms with Crippen molar-refractivity contribution in [2.45, 2.75) is 46.1 Å². The fourth-order valence-corrected chi connectivity index (χ4v) is 2.57. The van der Waals surface area contributed by atoms with Gasteiger partial charge in [0.05, 0.1) is 6.04 Å². The smallest absolute Gasteiger partial charge is 0.134 e. The van der Waals surface area contributed by atoms with E-state index in [2.05, 4.69) is 32.2 Å². The Morgan fingerprint density at radius 1 is 1.25 bits per heavy atom. The fraction of sp³-hybridized carbons (Fsp3) is 0.529. The zero-order chi connectivity index (χ0) is 14.5. The number of halogens is 1. The van der Waals surface area contributed by atoms with E-state index in [1.165, 1.54) is 6.42 Å². The lowest BCUT2D eigenvalue weighted by atomic mass is 9.97. The summed E-state index contributed by atoms with van der Waals surface area (Å²) in [7, 11) is 0. The summed E-state index contributed by atoms with van der Waals surface area (Å²) in [5, 5.41) is 5.44. The first kappa shape index (κ1) is 15.4. The summed E-state index contributed by atoms with van der Waals surface area (Å²) in [4.78, 5) is 0. The number of hydrogen-bond donors (Lipinski definition) is 1. The largest absolute Gasteiger partial charge is 0.459 e. The minimum Gasteiger partial charge on any atom is -0.459 e. The molecule has 110 valence electrons. The number of nitrogens with one attached hydrogen (secondary N) is 1. The molecule has 0 amide bonds. The standard InChI is InChI=1S/C17H24ClNO/c1-4-8-19-15(9-12(3)5-2)17-11-13-10-14(18)6-7-16(13)20-17/h6-7,10-12,15,19H,4-5,8-9H2,1-3H3. The van der Waals surface area contributed by atoms with E-state index in [1.807, 2.05) is 18.2 Å². The molecule has 3 heteroatoms. The van der Waals surface area contributed by atoms with Crippen molar-refractivity contribution >= 4 is 22.6 Å². The predicted molar refractivity (Wildman–Crippen MR) is 86.3 cm³/mol. The van der Waals surface area contributed by atoms with Crippen molar-refractivity contribution in [2.24, 2.45) is 5.92 Å². The summed E-state index contributed by atoms with van der Waals surface area (Å²) in [6.45, 7) is 7.73. The lowest BCUT2D eigenvalue weighted by molar-refractivity contribution is 0.355. The number of fused-ring (bicyclic) bond motifs is 1. The molecule has 0 aliphatic carbocycles. The molecule has 0 fully saturated rings. The molecule has 0 saturated heterocycles. The van der Waals surface area contributed by atoms with E-state index in [-0.39, 0.29) is 6.04 Å². The molecule has 0 spiro atoms. The number of hydrogen-bond acceptors (Lipinski definition) is 2. The van der Waals surface area contributed by atoms with Crippen LogP contribution in [0.25, 0.3) is 11.0 Å². The summed E-state index contributed by atoms with van der Waals surface area (Å²) in [5.41, 5.74) is 0.914. The van der Waals surface area contributed by atoms with Crippen molar-refractivity contribution < 1.29 is 4.42 Å². The Balaban J connectivity index is 2.24. The van der Waals surface area contributed by atoms with Crippen LogP contribution in [0.2, 0.25) is 5.02 Å². The van der Waals surface area contributed by atoms with E-state index in [0.717, 1.165) is 41.1 Å². The van der Waals surface area contributed by atoms with Gasteiger partial charge in [-0.1, -0.05) is 38.8 Å². The van der Waals surface area contributed by atoms with Gasteiger partial charge in [0.1, 0.15) is 11.3 Å². The Bertz CT molecular complexity index is 549. The molecule has 2 nitrogen and oxygen atoms in total. The molecule has 1 aromatic heterocycles. The minimum absolute atomic E-state index is 0.288. The SMILES string of the molecule is CCCNC(CC(C)CC)c1cc2cc(Cl)ccc2o1. The van der Waals surface area contributed by atoms with Gasteiger partial charge in [-0.05, 0) is 49.6 Å². The van der Waals surface area contributed by atoms with Crippen molar-refractivity contribution in [1.29, 1.82) is 0 Å². The van der Waals surface area contributed by atoms with Gasteiger partial charge < -0.3 is 9.73 Å². The molecule has 2 rings (SSSR count).